The maximum Gasteiger partial charge on any atom is 0.405 e. The number of hydrogen-bond acceptors (Lipinski definition) is 5. The highest BCUT2D eigenvalue weighted by molar-refractivity contribution is 8.15. The second-order valence-corrected chi connectivity index (χ2v) is 9.08. The number of hydrogen-bond donors (Lipinski definition) is 1. The number of ether oxygens (including phenoxy) is 1. The molecular formula is C24H24F3N3O3S. The third-order valence-electron chi connectivity index (χ3n) is 4.83. The Labute approximate surface area is 199 Å². The van der Waals surface area contributed by atoms with Gasteiger partial charge in [-0.15, -0.1) is 0 Å². The van der Waals surface area contributed by atoms with E-state index in [9.17, 15) is 22.8 Å². The van der Waals surface area contributed by atoms with Crippen LogP contribution in [0.4, 0.5) is 18.9 Å². The molecule has 2 aromatic carbocycles. The van der Waals surface area contributed by atoms with Gasteiger partial charge in [-0.2, -0.15) is 13.2 Å². The quantitative estimate of drug-likeness (QED) is 0.586. The summed E-state index contributed by atoms with van der Waals surface area (Å²) >= 11 is 0.920. The Morgan fingerprint density at radius 1 is 1.18 bits per heavy atom. The maximum absolute atomic E-state index is 13.3. The Bertz CT molecular complexity index is 1120. The van der Waals surface area contributed by atoms with Gasteiger partial charge in [-0.1, -0.05) is 30.0 Å². The van der Waals surface area contributed by atoms with E-state index in [0.29, 0.717) is 11.4 Å². The van der Waals surface area contributed by atoms with Crippen LogP contribution in [0.1, 0.15) is 23.6 Å². The zero-order chi connectivity index (χ0) is 25.0. The van der Waals surface area contributed by atoms with Gasteiger partial charge in [0.1, 0.15) is 18.0 Å². The van der Waals surface area contributed by atoms with Crippen LogP contribution in [0.25, 0.3) is 6.08 Å². The first-order valence-corrected chi connectivity index (χ1v) is 11.2. The molecule has 180 valence electrons. The molecule has 1 aliphatic heterocycles. The van der Waals surface area contributed by atoms with Crippen molar-refractivity contribution in [2.24, 2.45) is 4.99 Å². The Kier molecular flexibility index (Phi) is 7.71. The van der Waals surface area contributed by atoms with Crippen LogP contribution in [-0.4, -0.2) is 42.1 Å². The molecular weight excluding hydrogens is 467 g/mol. The molecule has 0 aromatic heterocycles. The topological polar surface area (TPSA) is 71.0 Å². The van der Waals surface area contributed by atoms with E-state index in [-0.39, 0.29) is 10.9 Å². The summed E-state index contributed by atoms with van der Waals surface area (Å²) in [4.78, 5) is 31.4. The van der Waals surface area contributed by atoms with E-state index in [1.165, 1.54) is 11.8 Å². The van der Waals surface area contributed by atoms with Crippen LogP contribution >= 0.6 is 11.8 Å². The van der Waals surface area contributed by atoms with Crippen molar-refractivity contribution in [3.05, 3.63) is 64.9 Å². The third kappa shape index (κ3) is 6.40. The summed E-state index contributed by atoms with van der Waals surface area (Å²) in [5, 5.41) is 1.17. The number of alkyl halides is 3. The summed E-state index contributed by atoms with van der Waals surface area (Å²) in [5.41, 5.74) is 3.28. The minimum absolute atomic E-state index is 0.148. The number of amides is 2. The monoisotopic (exact) mass is 491 g/mol. The molecule has 0 saturated carbocycles. The number of methoxy groups -OCH3 is 1. The van der Waals surface area contributed by atoms with Crippen molar-refractivity contribution in [3.63, 3.8) is 0 Å². The van der Waals surface area contributed by atoms with Crippen molar-refractivity contribution in [2.45, 2.75) is 32.2 Å². The number of nitrogens with zero attached hydrogens (tertiary/aromatic N) is 2. The molecule has 2 aromatic rings. The number of halogens is 3. The van der Waals surface area contributed by atoms with Crippen molar-refractivity contribution in [2.75, 3.05) is 18.6 Å². The van der Waals surface area contributed by atoms with Crippen LogP contribution < -0.4 is 15.0 Å². The van der Waals surface area contributed by atoms with Crippen LogP contribution in [-0.2, 0) is 9.59 Å². The molecule has 1 heterocycles. The zero-order valence-electron chi connectivity index (χ0n) is 19.1. The zero-order valence-corrected chi connectivity index (χ0v) is 19.9. The highest BCUT2D eigenvalue weighted by atomic mass is 32.2. The number of anilines is 1. The Morgan fingerprint density at radius 2 is 1.79 bits per heavy atom. The number of rotatable bonds is 6. The van der Waals surface area contributed by atoms with Gasteiger partial charge in [-0.3, -0.25) is 14.5 Å². The lowest BCUT2D eigenvalue weighted by atomic mass is 10.1. The number of benzene rings is 2. The predicted molar refractivity (Wildman–Crippen MR) is 128 cm³/mol. The lowest BCUT2D eigenvalue weighted by Gasteiger charge is -2.21. The summed E-state index contributed by atoms with van der Waals surface area (Å²) < 4.78 is 42.6. The van der Waals surface area contributed by atoms with Gasteiger partial charge in [0.2, 0.25) is 5.91 Å². The van der Waals surface area contributed by atoms with E-state index < -0.39 is 29.8 Å². The number of amidine groups is 1. The van der Waals surface area contributed by atoms with Crippen LogP contribution in [0.15, 0.2) is 53.2 Å². The first-order chi connectivity index (χ1) is 16.0. The van der Waals surface area contributed by atoms with Gasteiger partial charge in [0.15, 0.2) is 5.17 Å². The number of aryl methyl sites for hydroxylation is 2. The molecule has 0 saturated heterocycles. The minimum Gasteiger partial charge on any atom is -0.497 e. The van der Waals surface area contributed by atoms with Crippen LogP contribution in [0, 0.1) is 13.8 Å². The first kappa shape index (κ1) is 25.4. The van der Waals surface area contributed by atoms with E-state index in [1.54, 1.807) is 37.5 Å². The molecule has 0 fully saturated rings. The number of aliphatic imine (C=N–C) groups is 1. The van der Waals surface area contributed by atoms with E-state index in [2.05, 4.69) is 4.99 Å². The summed E-state index contributed by atoms with van der Waals surface area (Å²) in [6.07, 6.45) is -2.90. The van der Waals surface area contributed by atoms with E-state index in [1.807, 2.05) is 37.4 Å². The third-order valence-corrected chi connectivity index (χ3v) is 5.88. The van der Waals surface area contributed by atoms with Gasteiger partial charge >= 0.3 is 6.18 Å². The van der Waals surface area contributed by atoms with E-state index >= 15 is 0 Å². The molecule has 6 nitrogen and oxygen atoms in total. The molecule has 2 amide bonds. The summed E-state index contributed by atoms with van der Waals surface area (Å²) in [7, 11) is 1.55. The largest absolute Gasteiger partial charge is 0.497 e. The van der Waals surface area contributed by atoms with Gasteiger partial charge in [0, 0.05) is 0 Å². The Morgan fingerprint density at radius 3 is 2.35 bits per heavy atom. The number of carbonyl (C=O) groups excluding carboxylic acids is 2. The molecule has 1 unspecified atom stereocenters. The highest BCUT2D eigenvalue weighted by Crippen LogP contribution is 2.32. The van der Waals surface area contributed by atoms with E-state index in [0.717, 1.165) is 28.5 Å². The van der Waals surface area contributed by atoms with Crippen molar-refractivity contribution in [3.8, 4) is 5.75 Å². The average molecular weight is 492 g/mol. The number of nitrogens with one attached hydrogen (secondary N) is 1. The lowest BCUT2D eigenvalue weighted by molar-refractivity contribution is -0.137. The fraction of sp³-hybridized carbons (Fsp3) is 0.292. The Hall–Kier alpha value is -3.27. The van der Waals surface area contributed by atoms with Crippen LogP contribution in [0.5, 0.6) is 5.75 Å². The number of carbonyl (C=O) groups is 2. The SMILES string of the molecule is COc1ccc(/C=C2\N=C(SC(C)C(=O)NCC(F)(F)F)N(c3cc(C)cc(C)c3)C2=O)cc1. The molecule has 1 atom stereocenters. The molecule has 1 N–H and O–H groups in total. The van der Waals surface area contributed by atoms with Crippen LogP contribution in [0.3, 0.4) is 0 Å². The molecule has 34 heavy (non-hydrogen) atoms. The molecule has 3 rings (SSSR count). The van der Waals surface area contributed by atoms with Crippen LogP contribution in [0.2, 0.25) is 0 Å². The summed E-state index contributed by atoms with van der Waals surface area (Å²) in [6, 6.07) is 12.6. The molecule has 0 bridgehead atoms. The fourth-order valence-electron chi connectivity index (χ4n) is 3.28. The van der Waals surface area contributed by atoms with Gasteiger partial charge in [0.05, 0.1) is 18.0 Å². The predicted octanol–water partition coefficient (Wildman–Crippen LogP) is 4.86. The Balaban J connectivity index is 1.93. The van der Waals surface area contributed by atoms with Crippen molar-refractivity contribution >= 4 is 40.5 Å². The number of thioether (sulfide) groups is 1. The molecule has 0 spiro atoms. The lowest BCUT2D eigenvalue weighted by Crippen LogP contribution is -2.39. The summed E-state index contributed by atoms with van der Waals surface area (Å²) in [5.74, 6) is -0.535. The smallest absolute Gasteiger partial charge is 0.405 e. The van der Waals surface area contributed by atoms with Gasteiger partial charge in [0.25, 0.3) is 5.91 Å². The van der Waals surface area contributed by atoms with E-state index in [4.69, 9.17) is 4.74 Å². The van der Waals surface area contributed by atoms with Gasteiger partial charge in [-0.25, -0.2) is 4.99 Å². The second-order valence-electron chi connectivity index (χ2n) is 7.78. The van der Waals surface area contributed by atoms with Gasteiger partial charge < -0.3 is 10.1 Å². The minimum atomic E-state index is -4.51. The highest BCUT2D eigenvalue weighted by Gasteiger charge is 2.35. The van der Waals surface area contributed by atoms with Crippen molar-refractivity contribution < 1.29 is 27.5 Å². The van der Waals surface area contributed by atoms with Crippen molar-refractivity contribution in [1.82, 2.24) is 5.32 Å². The fourth-order valence-corrected chi connectivity index (χ4v) is 4.23. The van der Waals surface area contributed by atoms with Gasteiger partial charge in [-0.05, 0) is 67.8 Å². The second kappa shape index (κ2) is 10.3. The summed E-state index contributed by atoms with van der Waals surface area (Å²) in [6.45, 7) is 3.82. The molecule has 0 radical (unpaired) electrons. The molecule has 1 aliphatic rings. The molecule has 10 heteroatoms. The normalized spacial score (nSPS) is 16.0. The average Bonchev–Trinajstić information content (AvgIpc) is 3.05. The maximum atomic E-state index is 13.3. The molecule has 0 aliphatic carbocycles. The van der Waals surface area contributed by atoms with Crippen molar-refractivity contribution in [1.29, 1.82) is 0 Å². The first-order valence-electron chi connectivity index (χ1n) is 10.3. The standard InChI is InChI=1S/C24H24F3N3O3S/c1-14-9-15(2)11-18(10-14)30-22(32)20(12-17-5-7-19(33-4)8-6-17)29-23(30)34-16(3)21(31)28-13-24(25,26)27/h5-12,16H,13H2,1-4H3,(H,28,31)/b20-12-.